The average molecular weight is 333 g/mol. The van der Waals surface area contributed by atoms with Crippen LogP contribution in [0.1, 0.15) is 17.0 Å². The van der Waals surface area contributed by atoms with E-state index in [0.29, 0.717) is 5.69 Å². The Bertz CT molecular complexity index is 937. The number of nitrogens with one attached hydrogen (secondary N) is 2. The number of benzene rings is 1. The number of aromatic nitrogens is 4. The fourth-order valence-corrected chi connectivity index (χ4v) is 2.30. The molecule has 3 rings (SSSR count). The molecular formula is C17H15N7O. The van der Waals surface area contributed by atoms with Crippen LogP contribution in [0.15, 0.2) is 42.6 Å². The number of anilines is 2. The minimum Gasteiger partial charge on any atom is -0.308 e. The predicted octanol–water partition coefficient (Wildman–Crippen LogP) is 2.79. The molecule has 25 heavy (non-hydrogen) atoms. The fourth-order valence-electron chi connectivity index (χ4n) is 2.30. The van der Waals surface area contributed by atoms with E-state index in [0.717, 1.165) is 11.4 Å². The molecule has 0 atom stereocenters. The fraction of sp³-hybridized carbons (Fsp3) is 0.118. The summed E-state index contributed by atoms with van der Waals surface area (Å²) in [5.74, 6) is 0.495. The van der Waals surface area contributed by atoms with Crippen molar-refractivity contribution in [1.29, 1.82) is 5.26 Å². The number of carbonyl (C=O) groups is 1. The molecule has 2 aromatic heterocycles. The van der Waals surface area contributed by atoms with Crippen LogP contribution in [-0.2, 0) is 0 Å². The normalized spacial score (nSPS) is 10.1. The Morgan fingerprint density at radius 3 is 2.44 bits per heavy atom. The molecule has 2 heterocycles. The second-order valence-corrected chi connectivity index (χ2v) is 5.33. The largest absolute Gasteiger partial charge is 0.324 e. The van der Waals surface area contributed by atoms with Gasteiger partial charge in [-0.25, -0.2) is 14.8 Å². The number of urea groups is 1. The maximum absolute atomic E-state index is 12.3. The van der Waals surface area contributed by atoms with E-state index in [1.54, 1.807) is 12.1 Å². The smallest absolute Gasteiger partial charge is 0.308 e. The van der Waals surface area contributed by atoms with Crippen molar-refractivity contribution in [2.24, 2.45) is 0 Å². The molecule has 3 aromatic rings. The number of nitrogens with zero attached hydrogens (tertiary/aromatic N) is 5. The molecule has 8 nitrogen and oxygen atoms in total. The van der Waals surface area contributed by atoms with Crippen LogP contribution in [0, 0.1) is 25.2 Å². The van der Waals surface area contributed by atoms with Crippen LogP contribution in [0.25, 0.3) is 5.95 Å². The van der Waals surface area contributed by atoms with E-state index in [1.165, 1.54) is 10.9 Å². The summed E-state index contributed by atoms with van der Waals surface area (Å²) >= 11 is 0. The monoisotopic (exact) mass is 333 g/mol. The number of rotatable bonds is 3. The Kier molecular flexibility index (Phi) is 4.39. The molecule has 0 unspecified atom stereocenters. The molecular weight excluding hydrogens is 318 g/mol. The molecule has 0 radical (unpaired) electrons. The van der Waals surface area contributed by atoms with Gasteiger partial charge in [0.05, 0.1) is 6.20 Å². The maximum Gasteiger partial charge on any atom is 0.324 e. The molecule has 0 bridgehead atoms. The predicted molar refractivity (Wildman–Crippen MR) is 92.4 cm³/mol. The minimum absolute atomic E-state index is 0.209. The zero-order valence-electron chi connectivity index (χ0n) is 13.7. The molecule has 0 fully saturated rings. The number of para-hydroxylation sites is 1. The Morgan fingerprint density at radius 1 is 1.12 bits per heavy atom. The molecule has 8 heteroatoms. The van der Waals surface area contributed by atoms with Crippen LogP contribution in [0.4, 0.5) is 16.3 Å². The van der Waals surface area contributed by atoms with Gasteiger partial charge in [0.1, 0.15) is 11.6 Å². The van der Waals surface area contributed by atoms with Gasteiger partial charge in [0.25, 0.3) is 5.95 Å². The Hall–Kier alpha value is -3.73. The highest BCUT2D eigenvalue weighted by Gasteiger charge is 2.17. The average Bonchev–Trinajstić information content (AvgIpc) is 2.97. The number of aryl methyl sites for hydroxylation is 2. The lowest BCUT2D eigenvalue weighted by Crippen LogP contribution is -2.22. The zero-order valence-corrected chi connectivity index (χ0v) is 13.7. The molecule has 2 N–H and O–H groups in total. The highest BCUT2D eigenvalue weighted by molar-refractivity contribution is 6.00. The van der Waals surface area contributed by atoms with Gasteiger partial charge in [-0.3, -0.25) is 5.32 Å². The lowest BCUT2D eigenvalue weighted by atomic mass is 10.3. The van der Waals surface area contributed by atoms with Crippen molar-refractivity contribution in [3.63, 3.8) is 0 Å². The number of hydrogen-bond donors (Lipinski definition) is 2. The van der Waals surface area contributed by atoms with Crippen molar-refractivity contribution in [3.05, 3.63) is 59.5 Å². The molecule has 0 aliphatic heterocycles. The summed E-state index contributed by atoms with van der Waals surface area (Å²) in [5, 5.41) is 18.7. The maximum atomic E-state index is 12.3. The third-order valence-electron chi connectivity index (χ3n) is 3.31. The first kappa shape index (κ1) is 16.1. The summed E-state index contributed by atoms with van der Waals surface area (Å²) in [6, 6.07) is 12.3. The summed E-state index contributed by atoms with van der Waals surface area (Å²) in [5.41, 5.74) is 2.37. The van der Waals surface area contributed by atoms with Crippen molar-refractivity contribution >= 4 is 17.5 Å². The third-order valence-corrected chi connectivity index (χ3v) is 3.31. The SMILES string of the molecule is Cc1cc(C)nc(-n2ncc(C#N)c2NC(=O)Nc2ccccc2)n1. The van der Waals surface area contributed by atoms with E-state index in [4.69, 9.17) is 0 Å². The van der Waals surface area contributed by atoms with Crippen LogP contribution in [0.2, 0.25) is 0 Å². The zero-order chi connectivity index (χ0) is 17.8. The second kappa shape index (κ2) is 6.80. The second-order valence-electron chi connectivity index (χ2n) is 5.33. The van der Waals surface area contributed by atoms with Crippen molar-refractivity contribution in [2.45, 2.75) is 13.8 Å². The number of nitriles is 1. The van der Waals surface area contributed by atoms with Crippen LogP contribution in [-0.4, -0.2) is 25.8 Å². The summed E-state index contributed by atoms with van der Waals surface area (Å²) < 4.78 is 1.34. The Balaban J connectivity index is 1.91. The summed E-state index contributed by atoms with van der Waals surface area (Å²) in [6.07, 6.45) is 1.36. The standard InChI is InChI=1S/C17H15N7O/c1-11-8-12(2)21-16(20-11)24-15(13(9-18)10-19-24)23-17(25)22-14-6-4-3-5-7-14/h3-8,10H,1-2H3,(H2,22,23,25). The molecule has 0 aliphatic rings. The topological polar surface area (TPSA) is 109 Å². The van der Waals surface area contributed by atoms with Crippen molar-refractivity contribution in [3.8, 4) is 12.0 Å². The van der Waals surface area contributed by atoms with E-state index in [2.05, 4.69) is 25.7 Å². The molecule has 2 amide bonds. The van der Waals surface area contributed by atoms with E-state index >= 15 is 0 Å². The van der Waals surface area contributed by atoms with Gasteiger partial charge in [0, 0.05) is 17.1 Å². The first-order chi connectivity index (χ1) is 12.1. The van der Waals surface area contributed by atoms with Crippen LogP contribution < -0.4 is 10.6 Å². The highest BCUT2D eigenvalue weighted by Crippen LogP contribution is 2.18. The first-order valence-electron chi connectivity index (χ1n) is 7.50. The number of hydrogen-bond acceptors (Lipinski definition) is 5. The molecule has 124 valence electrons. The van der Waals surface area contributed by atoms with Crippen molar-refractivity contribution in [1.82, 2.24) is 19.7 Å². The molecule has 0 saturated heterocycles. The summed E-state index contributed by atoms with van der Waals surface area (Å²) in [4.78, 5) is 20.9. The molecule has 1 aromatic carbocycles. The molecule has 0 aliphatic carbocycles. The molecule has 0 saturated carbocycles. The number of amides is 2. The minimum atomic E-state index is -0.492. The number of carbonyl (C=O) groups excluding carboxylic acids is 1. The van der Waals surface area contributed by atoms with Crippen LogP contribution >= 0.6 is 0 Å². The van der Waals surface area contributed by atoms with E-state index in [9.17, 15) is 10.1 Å². The van der Waals surface area contributed by atoms with Gasteiger partial charge in [0.15, 0.2) is 5.82 Å². The van der Waals surface area contributed by atoms with Gasteiger partial charge in [-0.2, -0.15) is 15.0 Å². The quantitative estimate of drug-likeness (QED) is 0.766. The van der Waals surface area contributed by atoms with Gasteiger partial charge in [-0.15, -0.1) is 0 Å². The van der Waals surface area contributed by atoms with Crippen LogP contribution in [0.3, 0.4) is 0 Å². The Morgan fingerprint density at radius 2 is 1.80 bits per heavy atom. The lowest BCUT2D eigenvalue weighted by Gasteiger charge is -2.10. The van der Waals surface area contributed by atoms with E-state index < -0.39 is 6.03 Å². The van der Waals surface area contributed by atoms with Gasteiger partial charge in [-0.05, 0) is 32.0 Å². The van der Waals surface area contributed by atoms with Crippen molar-refractivity contribution < 1.29 is 4.79 Å². The summed E-state index contributed by atoms with van der Waals surface area (Å²) in [6.45, 7) is 3.67. The van der Waals surface area contributed by atoms with Crippen molar-refractivity contribution in [2.75, 3.05) is 10.6 Å². The summed E-state index contributed by atoms with van der Waals surface area (Å²) in [7, 11) is 0. The van der Waals surface area contributed by atoms with Crippen LogP contribution in [0.5, 0.6) is 0 Å². The van der Waals surface area contributed by atoms with Gasteiger partial charge < -0.3 is 5.32 Å². The lowest BCUT2D eigenvalue weighted by molar-refractivity contribution is 0.262. The first-order valence-corrected chi connectivity index (χ1v) is 7.50. The van der Waals surface area contributed by atoms with Gasteiger partial charge >= 0.3 is 6.03 Å². The molecule has 0 spiro atoms. The van der Waals surface area contributed by atoms with E-state index in [1.807, 2.05) is 44.2 Å². The Labute approximate surface area is 144 Å². The highest BCUT2D eigenvalue weighted by atomic mass is 16.2. The van der Waals surface area contributed by atoms with Gasteiger partial charge in [-0.1, -0.05) is 18.2 Å². The third kappa shape index (κ3) is 3.61. The van der Waals surface area contributed by atoms with E-state index in [-0.39, 0.29) is 17.3 Å². The van der Waals surface area contributed by atoms with Gasteiger partial charge in [0.2, 0.25) is 0 Å².